The van der Waals surface area contributed by atoms with Crippen molar-refractivity contribution in [2.75, 3.05) is 19.7 Å². The van der Waals surface area contributed by atoms with Crippen molar-refractivity contribution >= 4 is 5.97 Å². The van der Waals surface area contributed by atoms with Crippen LogP contribution in [-0.2, 0) is 11.3 Å². The topological polar surface area (TPSA) is 67.0 Å². The lowest BCUT2D eigenvalue weighted by atomic mass is 9.99. The molecule has 1 aliphatic heterocycles. The van der Waals surface area contributed by atoms with Gasteiger partial charge in [-0.2, -0.15) is 5.26 Å². The third-order valence-electron chi connectivity index (χ3n) is 3.42. The van der Waals surface area contributed by atoms with Gasteiger partial charge in [-0.3, -0.25) is 0 Å². The zero-order chi connectivity index (χ0) is 13.7. The van der Waals surface area contributed by atoms with Crippen molar-refractivity contribution in [1.29, 1.82) is 5.26 Å². The van der Waals surface area contributed by atoms with E-state index in [2.05, 4.69) is 11.4 Å². The molecule has 2 heterocycles. The van der Waals surface area contributed by atoms with Gasteiger partial charge < -0.3 is 14.6 Å². The average molecular weight is 261 g/mol. The maximum absolute atomic E-state index is 11.9. The molecule has 0 bridgehead atoms. The molecule has 0 radical (unpaired) electrons. The Kier molecular flexibility index (Phi) is 4.58. The fourth-order valence-corrected chi connectivity index (χ4v) is 2.48. The molecule has 0 saturated carbocycles. The normalized spacial score (nSPS) is 18.8. The van der Waals surface area contributed by atoms with E-state index in [1.54, 1.807) is 23.6 Å². The predicted molar refractivity (Wildman–Crippen MR) is 70.7 cm³/mol. The molecule has 1 atom stereocenters. The SMILES string of the molecule is CCOC(=O)c1ccc(C#N)n1CC1CCCNC1. The van der Waals surface area contributed by atoms with Gasteiger partial charge in [0.2, 0.25) is 0 Å². The first-order valence-electron chi connectivity index (χ1n) is 6.73. The molecule has 0 amide bonds. The maximum Gasteiger partial charge on any atom is 0.354 e. The van der Waals surface area contributed by atoms with Crippen LogP contribution in [0, 0.1) is 17.2 Å². The van der Waals surface area contributed by atoms with E-state index in [-0.39, 0.29) is 5.97 Å². The summed E-state index contributed by atoms with van der Waals surface area (Å²) in [5.41, 5.74) is 0.998. The molecule has 0 spiro atoms. The first-order valence-corrected chi connectivity index (χ1v) is 6.73. The second kappa shape index (κ2) is 6.39. The van der Waals surface area contributed by atoms with Crippen LogP contribution < -0.4 is 5.32 Å². The number of hydrogen-bond acceptors (Lipinski definition) is 4. The van der Waals surface area contributed by atoms with Gasteiger partial charge in [0, 0.05) is 6.54 Å². The predicted octanol–water partition coefficient (Wildman–Crippen LogP) is 1.54. The Morgan fingerprint density at radius 2 is 2.47 bits per heavy atom. The molecule has 0 aromatic carbocycles. The van der Waals surface area contributed by atoms with Crippen molar-refractivity contribution in [2.45, 2.75) is 26.3 Å². The van der Waals surface area contributed by atoms with Gasteiger partial charge in [0.05, 0.1) is 6.61 Å². The van der Waals surface area contributed by atoms with Gasteiger partial charge in [0.15, 0.2) is 0 Å². The fourth-order valence-electron chi connectivity index (χ4n) is 2.48. The summed E-state index contributed by atoms with van der Waals surface area (Å²) in [7, 11) is 0. The minimum Gasteiger partial charge on any atom is -0.461 e. The van der Waals surface area contributed by atoms with Crippen LogP contribution in [0.4, 0.5) is 0 Å². The van der Waals surface area contributed by atoms with Crippen molar-refractivity contribution in [3.05, 3.63) is 23.5 Å². The van der Waals surface area contributed by atoms with Gasteiger partial charge in [-0.1, -0.05) is 0 Å². The molecule has 1 saturated heterocycles. The smallest absolute Gasteiger partial charge is 0.354 e. The number of nitriles is 1. The molecule has 1 unspecified atom stereocenters. The maximum atomic E-state index is 11.9. The highest BCUT2D eigenvalue weighted by molar-refractivity contribution is 5.88. The van der Waals surface area contributed by atoms with E-state index in [1.807, 2.05) is 0 Å². The molecule has 1 aromatic rings. The van der Waals surface area contributed by atoms with Gasteiger partial charge >= 0.3 is 5.97 Å². The van der Waals surface area contributed by atoms with Gasteiger partial charge in [-0.25, -0.2) is 4.79 Å². The highest BCUT2D eigenvalue weighted by Crippen LogP contribution is 2.17. The van der Waals surface area contributed by atoms with E-state index in [9.17, 15) is 4.79 Å². The van der Waals surface area contributed by atoms with Gasteiger partial charge in [-0.15, -0.1) is 0 Å². The Bertz CT molecular complexity index is 481. The number of aromatic nitrogens is 1. The Hall–Kier alpha value is -1.80. The van der Waals surface area contributed by atoms with Crippen LogP contribution in [0.1, 0.15) is 35.9 Å². The van der Waals surface area contributed by atoms with Crippen LogP contribution >= 0.6 is 0 Å². The molecule has 1 N–H and O–H groups in total. The monoisotopic (exact) mass is 261 g/mol. The minimum absolute atomic E-state index is 0.344. The molecule has 102 valence electrons. The summed E-state index contributed by atoms with van der Waals surface area (Å²) in [4.78, 5) is 11.9. The highest BCUT2D eigenvalue weighted by Gasteiger charge is 2.20. The molecular weight excluding hydrogens is 242 g/mol. The van der Waals surface area contributed by atoms with Crippen LogP contribution in [-0.4, -0.2) is 30.2 Å². The molecule has 19 heavy (non-hydrogen) atoms. The largest absolute Gasteiger partial charge is 0.461 e. The zero-order valence-corrected chi connectivity index (χ0v) is 11.2. The number of nitrogens with zero attached hydrogens (tertiary/aromatic N) is 2. The molecule has 2 rings (SSSR count). The lowest BCUT2D eigenvalue weighted by molar-refractivity contribution is 0.0512. The number of rotatable bonds is 4. The van der Waals surface area contributed by atoms with Crippen LogP contribution in [0.2, 0.25) is 0 Å². The summed E-state index contributed by atoms with van der Waals surface area (Å²) in [5.74, 6) is 0.106. The Labute approximate surface area is 113 Å². The number of carbonyl (C=O) groups excluding carboxylic acids is 1. The van der Waals surface area contributed by atoms with Crippen LogP contribution in [0.5, 0.6) is 0 Å². The van der Waals surface area contributed by atoms with Crippen LogP contribution in [0.3, 0.4) is 0 Å². The number of carbonyl (C=O) groups is 1. The molecule has 5 nitrogen and oxygen atoms in total. The highest BCUT2D eigenvalue weighted by atomic mass is 16.5. The van der Waals surface area contributed by atoms with Crippen LogP contribution in [0.15, 0.2) is 12.1 Å². The van der Waals surface area contributed by atoms with Crippen molar-refractivity contribution in [2.24, 2.45) is 5.92 Å². The second-order valence-electron chi connectivity index (χ2n) is 4.76. The standard InChI is InChI=1S/C14H19N3O2/c1-2-19-14(18)13-6-5-12(8-15)17(13)10-11-4-3-7-16-9-11/h5-6,11,16H,2-4,7,9-10H2,1H3. The van der Waals surface area contributed by atoms with E-state index in [0.29, 0.717) is 30.5 Å². The van der Waals surface area contributed by atoms with Gasteiger partial charge in [0.25, 0.3) is 0 Å². The van der Waals surface area contributed by atoms with Crippen molar-refractivity contribution < 1.29 is 9.53 Å². The third-order valence-corrected chi connectivity index (χ3v) is 3.42. The van der Waals surface area contributed by atoms with E-state index in [1.165, 1.54) is 0 Å². The summed E-state index contributed by atoms with van der Waals surface area (Å²) < 4.78 is 6.82. The Morgan fingerprint density at radius 3 is 3.11 bits per heavy atom. The third kappa shape index (κ3) is 3.15. The number of nitrogens with one attached hydrogen (secondary N) is 1. The summed E-state index contributed by atoms with van der Waals surface area (Å²) in [6, 6.07) is 5.49. The number of ether oxygens (including phenoxy) is 1. The van der Waals surface area contributed by atoms with Crippen molar-refractivity contribution in [1.82, 2.24) is 9.88 Å². The summed E-state index contributed by atoms with van der Waals surface area (Å²) in [6.45, 7) is 4.80. The first kappa shape index (κ1) is 13.6. The minimum atomic E-state index is -0.354. The Balaban J connectivity index is 2.18. The van der Waals surface area contributed by atoms with E-state index in [4.69, 9.17) is 10.00 Å². The van der Waals surface area contributed by atoms with E-state index >= 15 is 0 Å². The van der Waals surface area contributed by atoms with Crippen LogP contribution in [0.25, 0.3) is 0 Å². The Morgan fingerprint density at radius 1 is 1.63 bits per heavy atom. The fraction of sp³-hybridized carbons (Fsp3) is 0.571. The molecule has 5 heteroatoms. The van der Waals surface area contributed by atoms with Crippen molar-refractivity contribution in [3.8, 4) is 6.07 Å². The molecular formula is C14H19N3O2. The van der Waals surface area contributed by atoms with E-state index in [0.717, 1.165) is 25.9 Å². The molecule has 1 fully saturated rings. The summed E-state index contributed by atoms with van der Waals surface area (Å²) in [6.07, 6.45) is 2.26. The zero-order valence-electron chi connectivity index (χ0n) is 11.2. The molecule has 0 aliphatic carbocycles. The van der Waals surface area contributed by atoms with Gasteiger partial charge in [0.1, 0.15) is 17.5 Å². The van der Waals surface area contributed by atoms with E-state index < -0.39 is 0 Å². The number of hydrogen-bond donors (Lipinski definition) is 1. The summed E-state index contributed by atoms with van der Waals surface area (Å²) in [5, 5.41) is 12.5. The summed E-state index contributed by atoms with van der Waals surface area (Å²) >= 11 is 0. The lowest BCUT2D eigenvalue weighted by Gasteiger charge is -2.24. The second-order valence-corrected chi connectivity index (χ2v) is 4.76. The average Bonchev–Trinajstić information content (AvgIpc) is 2.83. The molecule has 1 aromatic heterocycles. The number of esters is 1. The van der Waals surface area contributed by atoms with Gasteiger partial charge in [-0.05, 0) is 50.9 Å². The number of piperidine rings is 1. The lowest BCUT2D eigenvalue weighted by Crippen LogP contribution is -2.33. The molecule has 1 aliphatic rings. The van der Waals surface area contributed by atoms with Crippen molar-refractivity contribution in [3.63, 3.8) is 0 Å². The first-order chi connectivity index (χ1) is 9.26. The quantitative estimate of drug-likeness (QED) is 0.835.